The van der Waals surface area contributed by atoms with Crippen LogP contribution in [-0.2, 0) is 14.3 Å². The van der Waals surface area contributed by atoms with Gasteiger partial charge < -0.3 is 4.74 Å². The normalized spacial score (nSPS) is 15.7. The van der Waals surface area contributed by atoms with E-state index >= 15 is 0 Å². The molecule has 1 saturated heterocycles. The summed E-state index contributed by atoms with van der Waals surface area (Å²) >= 11 is 0. The molecular formula is C17H28O3. The summed E-state index contributed by atoms with van der Waals surface area (Å²) in [6.07, 6.45) is 17.6. The Morgan fingerprint density at radius 1 is 0.850 bits per heavy atom. The van der Waals surface area contributed by atoms with Gasteiger partial charge in [-0.3, -0.25) is 9.59 Å². The van der Waals surface area contributed by atoms with Crippen LogP contribution in [0.25, 0.3) is 0 Å². The molecule has 1 rings (SSSR count). The number of rotatable bonds is 12. The standard InChI is InChI=1S/C17H28O3/c1-2-3-4-5-6-7-8-9-10-11-12-13-14-15-16(18)20-17(15)19/h12-13,15H,2-11,14H2,1H3/b13-12+. The number of ether oxygens (including phenoxy) is 1. The number of hydrogen-bond donors (Lipinski definition) is 0. The van der Waals surface area contributed by atoms with Crippen molar-refractivity contribution < 1.29 is 14.3 Å². The molecular weight excluding hydrogens is 252 g/mol. The Morgan fingerprint density at radius 3 is 1.95 bits per heavy atom. The third-order valence-corrected chi connectivity index (χ3v) is 3.78. The van der Waals surface area contributed by atoms with Crippen molar-refractivity contribution in [1.82, 2.24) is 0 Å². The van der Waals surface area contributed by atoms with Crippen molar-refractivity contribution in [2.75, 3.05) is 0 Å². The number of carbonyl (C=O) groups is 2. The third-order valence-electron chi connectivity index (χ3n) is 3.78. The average molecular weight is 280 g/mol. The summed E-state index contributed by atoms with van der Waals surface area (Å²) in [5.74, 6) is -1.26. The maximum Gasteiger partial charge on any atom is 0.328 e. The van der Waals surface area contributed by atoms with Gasteiger partial charge in [0.15, 0.2) is 5.92 Å². The molecule has 0 saturated carbocycles. The van der Waals surface area contributed by atoms with E-state index in [4.69, 9.17) is 0 Å². The molecule has 1 aliphatic heterocycles. The fourth-order valence-corrected chi connectivity index (χ4v) is 2.40. The number of cyclic esters (lactones) is 2. The van der Waals surface area contributed by atoms with Crippen LogP contribution in [-0.4, -0.2) is 11.9 Å². The molecule has 20 heavy (non-hydrogen) atoms. The summed E-state index contributed by atoms with van der Waals surface area (Å²) in [6.45, 7) is 2.25. The Bertz CT molecular complexity index is 306. The lowest BCUT2D eigenvalue weighted by molar-refractivity contribution is -0.183. The van der Waals surface area contributed by atoms with Crippen LogP contribution in [0.3, 0.4) is 0 Å². The Labute approximate surface area is 122 Å². The highest BCUT2D eigenvalue weighted by Crippen LogP contribution is 2.19. The molecule has 0 aliphatic carbocycles. The maximum atomic E-state index is 10.9. The minimum absolute atomic E-state index is 0.372. The summed E-state index contributed by atoms with van der Waals surface area (Å²) in [6, 6.07) is 0. The van der Waals surface area contributed by atoms with Crippen LogP contribution in [0.15, 0.2) is 12.2 Å². The largest absolute Gasteiger partial charge is 0.392 e. The molecule has 1 heterocycles. The number of carbonyl (C=O) groups excluding carboxylic acids is 2. The first-order valence-corrected chi connectivity index (χ1v) is 8.16. The summed E-state index contributed by atoms with van der Waals surface area (Å²) in [5, 5.41) is 0. The van der Waals surface area contributed by atoms with E-state index in [1.807, 2.05) is 6.08 Å². The highest BCUT2D eigenvalue weighted by Gasteiger charge is 2.40. The second-order valence-electron chi connectivity index (χ2n) is 5.62. The predicted octanol–water partition coefficient (Wildman–Crippen LogP) is 4.55. The van der Waals surface area contributed by atoms with Gasteiger partial charge in [-0.2, -0.15) is 0 Å². The van der Waals surface area contributed by atoms with E-state index in [0.29, 0.717) is 6.42 Å². The van der Waals surface area contributed by atoms with Gasteiger partial charge in [-0.1, -0.05) is 70.4 Å². The van der Waals surface area contributed by atoms with E-state index in [1.54, 1.807) is 0 Å². The van der Waals surface area contributed by atoms with E-state index in [1.165, 1.54) is 57.8 Å². The average Bonchev–Trinajstić information content (AvgIpc) is 2.44. The summed E-state index contributed by atoms with van der Waals surface area (Å²) in [5.41, 5.74) is 0. The Kier molecular flexibility index (Phi) is 9.01. The van der Waals surface area contributed by atoms with Crippen LogP contribution >= 0.6 is 0 Å². The third kappa shape index (κ3) is 6.88. The van der Waals surface area contributed by atoms with E-state index in [9.17, 15) is 9.59 Å². The molecule has 3 heteroatoms. The SMILES string of the molecule is CCCCCCCCCCC/C=C/CC1C(=O)OC1=O. The molecule has 0 aromatic rings. The predicted molar refractivity (Wildman–Crippen MR) is 80.2 cm³/mol. The number of hydrogen-bond acceptors (Lipinski definition) is 3. The quantitative estimate of drug-likeness (QED) is 0.228. The first kappa shape index (κ1) is 16.9. The van der Waals surface area contributed by atoms with Crippen molar-refractivity contribution in [3.8, 4) is 0 Å². The van der Waals surface area contributed by atoms with Crippen molar-refractivity contribution in [3.63, 3.8) is 0 Å². The molecule has 1 aliphatic rings. The molecule has 0 bridgehead atoms. The van der Waals surface area contributed by atoms with Gasteiger partial charge >= 0.3 is 11.9 Å². The van der Waals surface area contributed by atoms with E-state index in [2.05, 4.69) is 17.7 Å². The van der Waals surface area contributed by atoms with Gasteiger partial charge in [0.1, 0.15) is 0 Å². The van der Waals surface area contributed by atoms with Gasteiger partial charge in [0, 0.05) is 0 Å². The zero-order valence-electron chi connectivity index (χ0n) is 12.7. The molecule has 0 amide bonds. The van der Waals surface area contributed by atoms with E-state index < -0.39 is 5.92 Å². The van der Waals surface area contributed by atoms with Crippen LogP contribution in [0.1, 0.15) is 77.6 Å². The summed E-state index contributed by atoms with van der Waals surface area (Å²) < 4.78 is 4.30. The lowest BCUT2D eigenvalue weighted by Crippen LogP contribution is -2.40. The fourth-order valence-electron chi connectivity index (χ4n) is 2.40. The summed E-state index contributed by atoms with van der Waals surface area (Å²) in [7, 11) is 0. The van der Waals surface area contributed by atoms with Crippen LogP contribution in [0.4, 0.5) is 0 Å². The van der Waals surface area contributed by atoms with Crippen LogP contribution < -0.4 is 0 Å². The van der Waals surface area contributed by atoms with Crippen molar-refractivity contribution in [2.24, 2.45) is 5.92 Å². The fraction of sp³-hybridized carbons (Fsp3) is 0.765. The van der Waals surface area contributed by atoms with Gasteiger partial charge in [0.05, 0.1) is 0 Å². The topological polar surface area (TPSA) is 43.4 Å². The molecule has 0 aromatic heterocycles. The van der Waals surface area contributed by atoms with Gasteiger partial charge in [-0.25, -0.2) is 0 Å². The summed E-state index contributed by atoms with van der Waals surface area (Å²) in [4.78, 5) is 21.8. The minimum atomic E-state index is -0.519. The lowest BCUT2D eigenvalue weighted by atomic mass is 10.0. The van der Waals surface area contributed by atoms with E-state index in [0.717, 1.165) is 6.42 Å². The second-order valence-corrected chi connectivity index (χ2v) is 5.62. The molecule has 0 spiro atoms. The monoisotopic (exact) mass is 280 g/mol. The molecule has 114 valence electrons. The molecule has 0 unspecified atom stereocenters. The van der Waals surface area contributed by atoms with Gasteiger partial charge in [-0.05, 0) is 19.3 Å². The second kappa shape index (κ2) is 10.6. The zero-order valence-corrected chi connectivity index (χ0v) is 12.7. The molecule has 0 N–H and O–H groups in total. The lowest BCUT2D eigenvalue weighted by Gasteiger charge is -2.19. The van der Waals surface area contributed by atoms with Crippen molar-refractivity contribution in [1.29, 1.82) is 0 Å². The van der Waals surface area contributed by atoms with E-state index in [-0.39, 0.29) is 11.9 Å². The molecule has 0 aromatic carbocycles. The van der Waals surface area contributed by atoms with Gasteiger partial charge in [-0.15, -0.1) is 0 Å². The molecule has 0 atom stereocenters. The highest BCUT2D eigenvalue weighted by molar-refractivity contribution is 6.09. The Balaban J connectivity index is 1.82. The van der Waals surface area contributed by atoms with Crippen LogP contribution in [0.5, 0.6) is 0 Å². The van der Waals surface area contributed by atoms with Crippen molar-refractivity contribution in [2.45, 2.75) is 77.6 Å². The van der Waals surface area contributed by atoms with Gasteiger partial charge in [0.2, 0.25) is 0 Å². The Hall–Kier alpha value is -1.12. The van der Waals surface area contributed by atoms with Crippen LogP contribution in [0, 0.1) is 5.92 Å². The maximum absolute atomic E-state index is 10.9. The van der Waals surface area contributed by atoms with Crippen molar-refractivity contribution >= 4 is 11.9 Å². The first-order chi connectivity index (χ1) is 9.75. The number of unbranched alkanes of at least 4 members (excludes halogenated alkanes) is 9. The first-order valence-electron chi connectivity index (χ1n) is 8.16. The van der Waals surface area contributed by atoms with Crippen LogP contribution in [0.2, 0.25) is 0 Å². The minimum Gasteiger partial charge on any atom is -0.392 e. The molecule has 3 nitrogen and oxygen atoms in total. The van der Waals surface area contributed by atoms with Gasteiger partial charge in [0.25, 0.3) is 0 Å². The van der Waals surface area contributed by atoms with Crippen molar-refractivity contribution in [3.05, 3.63) is 12.2 Å². The molecule has 0 radical (unpaired) electrons. The number of allylic oxidation sites excluding steroid dienone is 2. The highest BCUT2D eigenvalue weighted by atomic mass is 16.6. The zero-order chi connectivity index (χ0) is 14.6. The Morgan fingerprint density at radius 2 is 1.40 bits per heavy atom. The smallest absolute Gasteiger partial charge is 0.328 e. The number of esters is 2. The molecule has 1 fully saturated rings.